The van der Waals surface area contributed by atoms with Gasteiger partial charge in [0.15, 0.2) is 5.96 Å². The van der Waals surface area contributed by atoms with Gasteiger partial charge in [-0.25, -0.2) is 0 Å². The summed E-state index contributed by atoms with van der Waals surface area (Å²) in [7, 11) is 1.78. The summed E-state index contributed by atoms with van der Waals surface area (Å²) >= 11 is 0. The highest BCUT2D eigenvalue weighted by Gasteiger charge is 2.00. The Morgan fingerprint density at radius 2 is 1.83 bits per heavy atom. The third-order valence-corrected chi connectivity index (χ3v) is 3.78. The van der Waals surface area contributed by atoms with Gasteiger partial charge >= 0.3 is 0 Å². The second-order valence-electron chi connectivity index (χ2n) is 5.69. The van der Waals surface area contributed by atoms with Gasteiger partial charge in [-0.15, -0.1) is 0 Å². The average Bonchev–Trinajstić information content (AvgIpc) is 2.61. The van der Waals surface area contributed by atoms with Crippen molar-refractivity contribution in [2.75, 3.05) is 13.6 Å². The molecule has 0 aliphatic rings. The molecule has 2 aromatic rings. The van der Waals surface area contributed by atoms with Crippen molar-refractivity contribution in [2.45, 2.75) is 32.9 Å². The SMILES string of the molecule is CCCCNC(=NC)NCc1ccc(Cn2ccccc2=O)cc1. The topological polar surface area (TPSA) is 58.4 Å². The molecule has 128 valence electrons. The predicted octanol–water partition coefficient (Wildman–Crippen LogP) is 2.36. The van der Waals surface area contributed by atoms with Crippen LogP contribution in [0, 0.1) is 0 Å². The lowest BCUT2D eigenvalue weighted by Crippen LogP contribution is -2.37. The number of benzene rings is 1. The monoisotopic (exact) mass is 326 g/mol. The number of rotatable bonds is 7. The molecule has 0 amide bonds. The number of guanidine groups is 1. The fourth-order valence-electron chi connectivity index (χ4n) is 2.34. The molecule has 0 spiro atoms. The van der Waals surface area contributed by atoms with E-state index in [1.54, 1.807) is 23.7 Å². The molecule has 0 unspecified atom stereocenters. The highest BCUT2D eigenvalue weighted by atomic mass is 16.1. The average molecular weight is 326 g/mol. The molecule has 24 heavy (non-hydrogen) atoms. The van der Waals surface area contributed by atoms with Crippen LogP contribution < -0.4 is 16.2 Å². The molecule has 0 atom stereocenters. The van der Waals surface area contributed by atoms with E-state index in [0.717, 1.165) is 37.5 Å². The minimum Gasteiger partial charge on any atom is -0.356 e. The standard InChI is InChI=1S/C19H26N4O/c1-3-4-12-21-19(20-2)22-14-16-8-10-17(11-9-16)15-23-13-6-5-7-18(23)24/h5-11,13H,3-4,12,14-15H2,1-2H3,(H2,20,21,22). The van der Waals surface area contributed by atoms with Crippen LogP contribution in [0.2, 0.25) is 0 Å². The Kier molecular flexibility index (Phi) is 7.08. The first-order chi connectivity index (χ1) is 11.7. The third-order valence-electron chi connectivity index (χ3n) is 3.78. The zero-order chi connectivity index (χ0) is 17.2. The van der Waals surface area contributed by atoms with Gasteiger partial charge in [0, 0.05) is 32.4 Å². The largest absolute Gasteiger partial charge is 0.356 e. The predicted molar refractivity (Wildman–Crippen MR) is 99.4 cm³/mol. The Hall–Kier alpha value is -2.56. The van der Waals surface area contributed by atoms with Gasteiger partial charge in [-0.2, -0.15) is 0 Å². The maximum atomic E-state index is 11.7. The molecule has 2 rings (SSSR count). The molecule has 0 saturated heterocycles. The molecule has 1 aromatic carbocycles. The number of unbranched alkanes of at least 4 members (excludes halogenated alkanes) is 1. The van der Waals surface area contributed by atoms with Crippen LogP contribution in [0.5, 0.6) is 0 Å². The summed E-state index contributed by atoms with van der Waals surface area (Å²) < 4.78 is 1.70. The van der Waals surface area contributed by atoms with Crippen LogP contribution in [0.1, 0.15) is 30.9 Å². The summed E-state index contributed by atoms with van der Waals surface area (Å²) in [6.45, 7) is 4.41. The van der Waals surface area contributed by atoms with Crippen LogP contribution in [-0.4, -0.2) is 24.1 Å². The number of aromatic nitrogens is 1. The molecule has 1 heterocycles. The van der Waals surface area contributed by atoms with Crippen LogP contribution in [0.3, 0.4) is 0 Å². The highest BCUT2D eigenvalue weighted by molar-refractivity contribution is 5.79. The molecule has 0 fully saturated rings. The first-order valence-corrected chi connectivity index (χ1v) is 8.40. The van der Waals surface area contributed by atoms with Crippen molar-refractivity contribution >= 4 is 5.96 Å². The van der Waals surface area contributed by atoms with E-state index in [0.29, 0.717) is 6.54 Å². The molecular weight excluding hydrogens is 300 g/mol. The van der Waals surface area contributed by atoms with Crippen LogP contribution in [0.4, 0.5) is 0 Å². The van der Waals surface area contributed by atoms with Crippen molar-refractivity contribution in [1.29, 1.82) is 0 Å². The van der Waals surface area contributed by atoms with Crippen molar-refractivity contribution in [2.24, 2.45) is 4.99 Å². The molecule has 5 nitrogen and oxygen atoms in total. The lowest BCUT2D eigenvalue weighted by atomic mass is 10.1. The summed E-state index contributed by atoms with van der Waals surface area (Å²) in [5, 5.41) is 6.60. The maximum absolute atomic E-state index is 11.7. The number of pyridine rings is 1. The first-order valence-electron chi connectivity index (χ1n) is 8.40. The zero-order valence-corrected chi connectivity index (χ0v) is 14.5. The summed E-state index contributed by atoms with van der Waals surface area (Å²) in [4.78, 5) is 16.0. The highest BCUT2D eigenvalue weighted by Crippen LogP contribution is 2.05. The number of hydrogen-bond donors (Lipinski definition) is 2. The minimum atomic E-state index is 0.0187. The van der Waals surface area contributed by atoms with Gasteiger partial charge < -0.3 is 15.2 Å². The summed E-state index contributed by atoms with van der Waals surface area (Å²) in [5.41, 5.74) is 2.31. The van der Waals surface area contributed by atoms with Crippen LogP contribution in [-0.2, 0) is 13.1 Å². The van der Waals surface area contributed by atoms with Gasteiger partial charge in [0.1, 0.15) is 0 Å². The normalized spacial score (nSPS) is 11.3. The number of nitrogens with zero attached hydrogens (tertiary/aromatic N) is 2. The Balaban J connectivity index is 1.88. The molecule has 0 aliphatic heterocycles. The van der Waals surface area contributed by atoms with E-state index in [4.69, 9.17) is 0 Å². The Morgan fingerprint density at radius 3 is 2.50 bits per heavy atom. The van der Waals surface area contributed by atoms with Crippen LogP contribution in [0.15, 0.2) is 58.4 Å². The number of hydrogen-bond acceptors (Lipinski definition) is 2. The van der Waals surface area contributed by atoms with E-state index in [1.165, 1.54) is 5.56 Å². The van der Waals surface area contributed by atoms with E-state index < -0.39 is 0 Å². The van der Waals surface area contributed by atoms with Gasteiger partial charge in [0.25, 0.3) is 5.56 Å². The molecule has 0 aliphatic carbocycles. The molecular formula is C19H26N4O. The fourth-order valence-corrected chi connectivity index (χ4v) is 2.34. The van der Waals surface area contributed by atoms with Crippen LogP contribution >= 0.6 is 0 Å². The first kappa shape index (κ1) is 17.8. The molecule has 0 bridgehead atoms. The van der Waals surface area contributed by atoms with Gasteiger partial charge in [-0.1, -0.05) is 43.7 Å². The van der Waals surface area contributed by atoms with Crippen molar-refractivity contribution in [3.8, 4) is 0 Å². The van der Waals surface area contributed by atoms with E-state index in [1.807, 2.05) is 12.3 Å². The third kappa shape index (κ3) is 5.57. The van der Waals surface area contributed by atoms with E-state index in [9.17, 15) is 4.79 Å². The fraction of sp³-hybridized carbons (Fsp3) is 0.368. The van der Waals surface area contributed by atoms with Crippen molar-refractivity contribution in [3.05, 3.63) is 70.1 Å². The summed E-state index contributed by atoms with van der Waals surface area (Å²) in [6, 6.07) is 13.5. The zero-order valence-electron chi connectivity index (χ0n) is 14.5. The van der Waals surface area contributed by atoms with Gasteiger partial charge in [-0.3, -0.25) is 9.79 Å². The quantitative estimate of drug-likeness (QED) is 0.466. The summed E-state index contributed by atoms with van der Waals surface area (Å²) in [6.07, 6.45) is 4.11. The second kappa shape index (κ2) is 9.55. The molecule has 2 N–H and O–H groups in total. The Labute approximate surface area is 143 Å². The van der Waals surface area contributed by atoms with Crippen molar-refractivity contribution in [3.63, 3.8) is 0 Å². The number of nitrogens with one attached hydrogen (secondary N) is 2. The molecule has 0 radical (unpaired) electrons. The lowest BCUT2D eigenvalue weighted by Gasteiger charge is -2.12. The Morgan fingerprint density at radius 1 is 1.08 bits per heavy atom. The number of aliphatic imine (C=N–C) groups is 1. The van der Waals surface area contributed by atoms with Crippen molar-refractivity contribution in [1.82, 2.24) is 15.2 Å². The molecule has 0 saturated carbocycles. The van der Waals surface area contributed by atoms with Crippen molar-refractivity contribution < 1.29 is 0 Å². The molecule has 1 aromatic heterocycles. The van der Waals surface area contributed by atoms with Gasteiger partial charge in [-0.05, 0) is 23.6 Å². The lowest BCUT2D eigenvalue weighted by molar-refractivity contribution is 0.728. The molecule has 5 heteroatoms. The summed E-state index contributed by atoms with van der Waals surface area (Å²) in [5.74, 6) is 0.823. The maximum Gasteiger partial charge on any atom is 0.250 e. The minimum absolute atomic E-state index is 0.0187. The van der Waals surface area contributed by atoms with Gasteiger partial charge in [0.05, 0.1) is 6.54 Å². The van der Waals surface area contributed by atoms with E-state index in [-0.39, 0.29) is 5.56 Å². The van der Waals surface area contributed by atoms with E-state index >= 15 is 0 Å². The van der Waals surface area contributed by atoms with E-state index in [2.05, 4.69) is 46.8 Å². The van der Waals surface area contributed by atoms with Gasteiger partial charge in [0.2, 0.25) is 0 Å². The smallest absolute Gasteiger partial charge is 0.250 e. The van der Waals surface area contributed by atoms with Crippen LogP contribution in [0.25, 0.3) is 0 Å². The second-order valence-corrected chi connectivity index (χ2v) is 5.69. The Bertz CT molecular complexity index is 704.